The highest BCUT2D eigenvalue weighted by Crippen LogP contribution is 2.41. The lowest BCUT2D eigenvalue weighted by Crippen LogP contribution is -2.10. The van der Waals surface area contributed by atoms with Crippen molar-refractivity contribution in [2.75, 3.05) is 19.5 Å². The summed E-state index contributed by atoms with van der Waals surface area (Å²) in [5.41, 5.74) is 2.62. The molecule has 1 amide bonds. The third-order valence-corrected chi connectivity index (χ3v) is 5.17. The number of carbonyl (C=O) groups excluding carboxylic acids is 1. The van der Waals surface area contributed by atoms with E-state index in [9.17, 15) is 4.79 Å². The van der Waals surface area contributed by atoms with E-state index in [4.69, 9.17) is 4.74 Å². The molecule has 1 N–H and O–H groups in total. The topological polar surface area (TPSA) is 73.3 Å². The van der Waals surface area contributed by atoms with Gasteiger partial charge >= 0.3 is 6.09 Å². The largest absolute Gasteiger partial charge is 0.494 e. The van der Waals surface area contributed by atoms with Gasteiger partial charge in [-0.2, -0.15) is 0 Å². The summed E-state index contributed by atoms with van der Waals surface area (Å²) in [5.74, 6) is 0.655. The second kappa shape index (κ2) is 6.13. The molecule has 8 heteroatoms. The maximum Gasteiger partial charge on any atom is 0.413 e. The molecule has 0 radical (unpaired) electrons. The molecule has 0 spiro atoms. The molecule has 0 saturated heterocycles. The van der Waals surface area contributed by atoms with E-state index in [0.717, 1.165) is 25.8 Å². The number of thiazole rings is 2. The van der Waals surface area contributed by atoms with Crippen LogP contribution in [0, 0.1) is 13.8 Å². The molecule has 23 heavy (non-hydrogen) atoms. The third kappa shape index (κ3) is 2.87. The highest BCUT2D eigenvalue weighted by Gasteiger charge is 2.18. The number of fused-ring (bicyclic) bond motifs is 1. The first kappa shape index (κ1) is 15.7. The van der Waals surface area contributed by atoms with Gasteiger partial charge < -0.3 is 9.47 Å². The number of aryl methyl sites for hydroxylation is 2. The Morgan fingerprint density at radius 1 is 1.17 bits per heavy atom. The van der Waals surface area contributed by atoms with E-state index in [1.165, 1.54) is 18.4 Å². The fourth-order valence-corrected chi connectivity index (χ4v) is 4.12. The fraction of sp³-hybridized carbons (Fsp3) is 0.267. The van der Waals surface area contributed by atoms with Crippen molar-refractivity contribution in [2.45, 2.75) is 13.8 Å². The number of rotatable bonds is 3. The van der Waals surface area contributed by atoms with Gasteiger partial charge in [0.15, 0.2) is 5.13 Å². The smallest absolute Gasteiger partial charge is 0.413 e. The Kier molecular flexibility index (Phi) is 4.18. The minimum atomic E-state index is -0.551. The average molecular weight is 349 g/mol. The molecule has 0 aliphatic rings. The molecule has 0 aliphatic heterocycles. The van der Waals surface area contributed by atoms with Crippen LogP contribution in [0.3, 0.4) is 0 Å². The van der Waals surface area contributed by atoms with E-state index in [1.807, 2.05) is 26.0 Å². The molecular weight excluding hydrogens is 334 g/mol. The molecule has 0 fully saturated rings. The maximum absolute atomic E-state index is 11.4. The van der Waals surface area contributed by atoms with Crippen molar-refractivity contribution >= 4 is 44.1 Å². The lowest BCUT2D eigenvalue weighted by molar-refractivity contribution is 0.187. The average Bonchev–Trinajstić information content (AvgIpc) is 3.08. The predicted octanol–water partition coefficient (Wildman–Crippen LogP) is 4.22. The van der Waals surface area contributed by atoms with Crippen LogP contribution < -0.4 is 10.1 Å². The Hall–Kier alpha value is -2.19. The number of aromatic nitrogens is 2. The zero-order valence-electron chi connectivity index (χ0n) is 13.1. The fourth-order valence-electron chi connectivity index (χ4n) is 2.31. The number of benzene rings is 1. The number of nitrogens with one attached hydrogen (secondary N) is 1. The molecular formula is C15H15N3O3S2. The number of methoxy groups -OCH3 is 2. The molecule has 0 atom stereocenters. The minimum Gasteiger partial charge on any atom is -0.494 e. The minimum absolute atomic E-state index is 0.460. The number of nitrogens with zero attached hydrogens (tertiary/aromatic N) is 2. The van der Waals surface area contributed by atoms with Crippen LogP contribution in [0.5, 0.6) is 5.75 Å². The van der Waals surface area contributed by atoms with Crippen molar-refractivity contribution in [2.24, 2.45) is 0 Å². The highest BCUT2D eigenvalue weighted by atomic mass is 32.1. The first-order chi connectivity index (χ1) is 11.0. The number of carbonyl (C=O) groups is 1. The lowest BCUT2D eigenvalue weighted by Gasteiger charge is -2.04. The van der Waals surface area contributed by atoms with Gasteiger partial charge in [0.05, 0.1) is 29.6 Å². The van der Waals surface area contributed by atoms with E-state index in [2.05, 4.69) is 20.0 Å². The molecule has 0 aliphatic carbocycles. The van der Waals surface area contributed by atoms with E-state index < -0.39 is 6.09 Å². The van der Waals surface area contributed by atoms with Crippen molar-refractivity contribution in [1.82, 2.24) is 9.97 Å². The second-order valence-electron chi connectivity index (χ2n) is 4.77. The molecule has 2 heterocycles. The highest BCUT2D eigenvalue weighted by molar-refractivity contribution is 7.23. The van der Waals surface area contributed by atoms with Gasteiger partial charge in [0.2, 0.25) is 0 Å². The van der Waals surface area contributed by atoms with Gasteiger partial charge in [0.25, 0.3) is 0 Å². The molecule has 0 bridgehead atoms. The van der Waals surface area contributed by atoms with E-state index >= 15 is 0 Å². The van der Waals surface area contributed by atoms with Crippen LogP contribution >= 0.6 is 22.7 Å². The van der Waals surface area contributed by atoms with Crippen LogP contribution in [0.4, 0.5) is 9.93 Å². The number of hydrogen-bond acceptors (Lipinski definition) is 7. The van der Waals surface area contributed by atoms with Gasteiger partial charge in [-0.3, -0.25) is 5.32 Å². The number of anilines is 1. The van der Waals surface area contributed by atoms with E-state index in [0.29, 0.717) is 16.4 Å². The standard InChI is InChI=1S/C15H15N3O3S2/c1-7-11(16-8(2)22-7)9-5-6-10(20-3)12-13(9)23-14(17-12)18-15(19)21-4/h5-6H,1-4H3,(H,17,18,19). The summed E-state index contributed by atoms with van der Waals surface area (Å²) in [4.78, 5) is 21.6. The molecule has 1 aromatic carbocycles. The van der Waals surface area contributed by atoms with Gasteiger partial charge in [-0.05, 0) is 26.0 Å². The zero-order valence-corrected chi connectivity index (χ0v) is 14.7. The zero-order chi connectivity index (χ0) is 16.6. The Bertz CT molecular complexity index is 886. The first-order valence-corrected chi connectivity index (χ1v) is 8.43. The SMILES string of the molecule is COC(=O)Nc1nc2c(OC)ccc(-c3nc(C)sc3C)c2s1. The lowest BCUT2D eigenvalue weighted by atomic mass is 10.1. The normalized spacial score (nSPS) is 10.8. The van der Waals surface area contributed by atoms with Crippen LogP contribution in [0.25, 0.3) is 21.5 Å². The molecule has 3 rings (SSSR count). The summed E-state index contributed by atoms with van der Waals surface area (Å²) in [6.45, 7) is 4.03. The Labute approximate surface area is 141 Å². The van der Waals surface area contributed by atoms with Crippen molar-refractivity contribution < 1.29 is 14.3 Å². The van der Waals surface area contributed by atoms with Crippen molar-refractivity contribution in [3.05, 3.63) is 22.0 Å². The van der Waals surface area contributed by atoms with Crippen molar-refractivity contribution in [3.63, 3.8) is 0 Å². The summed E-state index contributed by atoms with van der Waals surface area (Å²) in [5, 5.41) is 4.08. The third-order valence-electron chi connectivity index (χ3n) is 3.28. The van der Waals surface area contributed by atoms with Crippen LogP contribution in [0.2, 0.25) is 0 Å². The summed E-state index contributed by atoms with van der Waals surface area (Å²) < 4.78 is 10.9. The summed E-state index contributed by atoms with van der Waals surface area (Å²) >= 11 is 3.03. The Balaban J connectivity index is 2.19. The van der Waals surface area contributed by atoms with Crippen LogP contribution in [-0.4, -0.2) is 30.3 Å². The van der Waals surface area contributed by atoms with Crippen molar-refractivity contribution in [1.29, 1.82) is 0 Å². The maximum atomic E-state index is 11.4. The molecule has 6 nitrogen and oxygen atoms in total. The Morgan fingerprint density at radius 3 is 2.57 bits per heavy atom. The van der Waals surface area contributed by atoms with Gasteiger partial charge in [-0.1, -0.05) is 11.3 Å². The van der Waals surface area contributed by atoms with Gasteiger partial charge in [-0.15, -0.1) is 11.3 Å². The van der Waals surface area contributed by atoms with Gasteiger partial charge in [0.1, 0.15) is 11.3 Å². The van der Waals surface area contributed by atoms with Crippen LogP contribution in [-0.2, 0) is 4.74 Å². The van der Waals surface area contributed by atoms with E-state index in [1.54, 1.807) is 18.4 Å². The number of ether oxygens (including phenoxy) is 2. The summed E-state index contributed by atoms with van der Waals surface area (Å²) in [6.07, 6.45) is -0.551. The van der Waals surface area contributed by atoms with Gasteiger partial charge in [0, 0.05) is 10.4 Å². The van der Waals surface area contributed by atoms with Crippen molar-refractivity contribution in [3.8, 4) is 17.0 Å². The summed E-state index contributed by atoms with van der Waals surface area (Å²) in [6, 6.07) is 3.84. The van der Waals surface area contributed by atoms with Gasteiger partial charge in [-0.25, -0.2) is 14.8 Å². The monoisotopic (exact) mass is 349 g/mol. The molecule has 3 aromatic rings. The quantitative estimate of drug-likeness (QED) is 0.766. The van der Waals surface area contributed by atoms with Crippen LogP contribution in [0.15, 0.2) is 12.1 Å². The first-order valence-electron chi connectivity index (χ1n) is 6.80. The predicted molar refractivity (Wildman–Crippen MR) is 92.8 cm³/mol. The van der Waals surface area contributed by atoms with E-state index in [-0.39, 0.29) is 0 Å². The number of hydrogen-bond donors (Lipinski definition) is 1. The second-order valence-corrected chi connectivity index (χ2v) is 7.17. The summed E-state index contributed by atoms with van der Waals surface area (Å²) in [7, 11) is 2.91. The molecule has 120 valence electrons. The van der Waals surface area contributed by atoms with Crippen LogP contribution in [0.1, 0.15) is 9.88 Å². The Morgan fingerprint density at radius 2 is 1.96 bits per heavy atom. The molecule has 0 saturated carbocycles. The molecule has 2 aromatic heterocycles. The number of amides is 1. The molecule has 0 unspecified atom stereocenters.